The van der Waals surface area contributed by atoms with Crippen LogP contribution in [-0.2, 0) is 29.0 Å². The van der Waals surface area contributed by atoms with Crippen molar-refractivity contribution >= 4 is 62.2 Å². The van der Waals surface area contributed by atoms with Gasteiger partial charge in [0.15, 0.2) is 5.13 Å². The molecule has 2 aliphatic rings. The van der Waals surface area contributed by atoms with E-state index in [9.17, 15) is 14.4 Å². The predicted octanol–water partition coefficient (Wildman–Crippen LogP) is 7.98. The van der Waals surface area contributed by atoms with Crippen molar-refractivity contribution in [1.82, 2.24) is 24.5 Å². The first-order valence-electron chi connectivity index (χ1n) is 18.5. The van der Waals surface area contributed by atoms with Crippen molar-refractivity contribution in [3.05, 3.63) is 88.9 Å². The van der Waals surface area contributed by atoms with Gasteiger partial charge >= 0.3 is 5.97 Å². The van der Waals surface area contributed by atoms with Crippen LogP contribution >= 0.6 is 23.3 Å². The molecule has 0 bridgehead atoms. The first kappa shape index (κ1) is 36.6. The summed E-state index contributed by atoms with van der Waals surface area (Å²) < 4.78 is 11.1. The van der Waals surface area contributed by atoms with E-state index < -0.39 is 0 Å². The van der Waals surface area contributed by atoms with E-state index in [2.05, 4.69) is 37.6 Å². The van der Waals surface area contributed by atoms with Gasteiger partial charge in [-0.3, -0.25) is 29.1 Å². The Morgan fingerprint density at radius 3 is 2.66 bits per heavy atom. The minimum absolute atomic E-state index is 0.202. The number of hydrogen-bond donors (Lipinski definition) is 2. The molecular formula is C40H45N7O4S2. The Bertz CT molecular complexity index is 2070. The summed E-state index contributed by atoms with van der Waals surface area (Å²) >= 11 is 2.71. The second-order valence-corrected chi connectivity index (χ2v) is 15.6. The Kier molecular flexibility index (Phi) is 11.7. The van der Waals surface area contributed by atoms with Gasteiger partial charge in [0.2, 0.25) is 0 Å². The number of ether oxygens (including phenoxy) is 1. The van der Waals surface area contributed by atoms with Crippen LogP contribution in [-0.4, -0.2) is 56.4 Å². The number of pyridine rings is 1. The van der Waals surface area contributed by atoms with Crippen molar-refractivity contribution in [1.29, 1.82) is 0 Å². The molecule has 0 saturated heterocycles. The van der Waals surface area contributed by atoms with Crippen LogP contribution in [0.1, 0.15) is 89.5 Å². The average molecular weight is 752 g/mol. The van der Waals surface area contributed by atoms with E-state index >= 15 is 0 Å². The minimum Gasteiger partial charge on any atom is -0.466 e. The molecule has 3 aromatic heterocycles. The lowest BCUT2D eigenvalue weighted by Gasteiger charge is -2.31. The lowest BCUT2D eigenvalue weighted by Crippen LogP contribution is -2.33. The number of para-hydroxylation sites is 1. The number of carbonyl (C=O) groups excluding carboxylic acids is 3. The van der Waals surface area contributed by atoms with E-state index in [0.717, 1.165) is 51.1 Å². The van der Waals surface area contributed by atoms with Gasteiger partial charge in [-0.2, -0.15) is 5.10 Å². The summed E-state index contributed by atoms with van der Waals surface area (Å²) in [4.78, 5) is 51.1. The zero-order chi connectivity index (χ0) is 36.7. The Labute approximate surface area is 318 Å². The van der Waals surface area contributed by atoms with Gasteiger partial charge in [-0.05, 0) is 86.9 Å². The van der Waals surface area contributed by atoms with E-state index in [4.69, 9.17) is 14.8 Å². The monoisotopic (exact) mass is 751 g/mol. The maximum absolute atomic E-state index is 13.9. The quantitative estimate of drug-likeness (QED) is 0.0699. The molecular weight excluding hydrogens is 707 g/mol. The second kappa shape index (κ2) is 16.9. The number of rotatable bonds is 13. The Balaban J connectivity index is 1.13. The number of amides is 2. The fraction of sp³-hybridized carbons (Fsp3) is 0.400. The summed E-state index contributed by atoms with van der Waals surface area (Å²) in [5, 5.41) is 8.35. The minimum atomic E-state index is -0.310. The number of hydrogen-bond acceptors (Lipinski definition) is 10. The Morgan fingerprint density at radius 2 is 1.83 bits per heavy atom. The molecule has 276 valence electrons. The van der Waals surface area contributed by atoms with Gasteiger partial charge in [-0.1, -0.05) is 66.8 Å². The van der Waals surface area contributed by atoms with Gasteiger partial charge in [-0.15, -0.1) is 0 Å². The molecule has 7 rings (SSSR count). The molecule has 13 heteroatoms. The zero-order valence-corrected chi connectivity index (χ0v) is 31.9. The summed E-state index contributed by atoms with van der Waals surface area (Å²) in [5.74, 6) is 1.08. The molecule has 2 N–H and O–H groups in total. The molecule has 1 fully saturated rings. The highest BCUT2D eigenvalue weighted by Gasteiger charge is 2.26. The first-order valence-corrected chi connectivity index (χ1v) is 20.3. The van der Waals surface area contributed by atoms with Gasteiger partial charge in [0.25, 0.3) is 11.8 Å². The number of esters is 1. The van der Waals surface area contributed by atoms with Crippen molar-refractivity contribution in [2.24, 2.45) is 5.92 Å². The van der Waals surface area contributed by atoms with Gasteiger partial charge < -0.3 is 9.64 Å². The number of aromatic nitrogens is 4. The lowest BCUT2D eigenvalue weighted by atomic mass is 9.89. The van der Waals surface area contributed by atoms with E-state index in [0.29, 0.717) is 66.4 Å². The number of nitrogens with zero attached hydrogens (tertiary/aromatic N) is 5. The summed E-state index contributed by atoms with van der Waals surface area (Å²) in [7, 11) is 0. The van der Waals surface area contributed by atoms with Crippen LogP contribution in [0.4, 0.5) is 10.9 Å². The molecule has 0 spiro atoms. The normalized spacial score (nSPS) is 14.6. The third-order valence-corrected chi connectivity index (χ3v) is 11.9. The van der Waals surface area contributed by atoms with Crippen LogP contribution in [0.2, 0.25) is 0 Å². The van der Waals surface area contributed by atoms with Crippen molar-refractivity contribution in [2.45, 2.75) is 78.3 Å². The Hall–Kier alpha value is -4.75. The van der Waals surface area contributed by atoms with Crippen molar-refractivity contribution in [3.8, 4) is 11.1 Å². The molecule has 2 aromatic carbocycles. The fourth-order valence-electron chi connectivity index (χ4n) is 7.29. The number of benzene rings is 2. The molecule has 5 aromatic rings. The molecule has 0 radical (unpaired) electrons. The molecule has 53 heavy (non-hydrogen) atoms. The molecule has 0 unspecified atom stereocenters. The smallest absolute Gasteiger partial charge is 0.305 e. The van der Waals surface area contributed by atoms with Crippen LogP contribution in [0.5, 0.6) is 0 Å². The summed E-state index contributed by atoms with van der Waals surface area (Å²) in [6, 6.07) is 17.6. The van der Waals surface area contributed by atoms with E-state index in [1.807, 2.05) is 54.7 Å². The summed E-state index contributed by atoms with van der Waals surface area (Å²) in [6.07, 6.45) is 9.73. The molecule has 1 saturated carbocycles. The van der Waals surface area contributed by atoms with Crippen molar-refractivity contribution in [3.63, 3.8) is 0 Å². The number of carbonyl (C=O) groups is 3. The average Bonchev–Trinajstić information content (AvgIpc) is 3.76. The van der Waals surface area contributed by atoms with Crippen LogP contribution < -0.4 is 14.9 Å². The van der Waals surface area contributed by atoms with E-state index in [1.54, 1.807) is 6.92 Å². The number of thiazole rings is 1. The maximum atomic E-state index is 13.9. The molecule has 11 nitrogen and oxygen atoms in total. The SMILES string of the molecule is CCOC(=O)CCCSNC(=O)c1nc(N2CCc3cccc(C(=O)Nc4nc5ccccc5s4)c3C2)ccc1-c1cnn(CC2CCCCC2)c1C. The van der Waals surface area contributed by atoms with E-state index in [1.165, 1.54) is 55.4 Å². The van der Waals surface area contributed by atoms with Gasteiger partial charge in [0.1, 0.15) is 11.5 Å². The topological polar surface area (TPSA) is 131 Å². The third-order valence-electron chi connectivity index (χ3n) is 10.1. The fourth-order valence-corrected chi connectivity index (χ4v) is 8.77. The largest absolute Gasteiger partial charge is 0.466 e. The summed E-state index contributed by atoms with van der Waals surface area (Å²) in [6.45, 7) is 6.23. The molecule has 4 heterocycles. The van der Waals surface area contributed by atoms with Crippen molar-refractivity contribution in [2.75, 3.05) is 29.1 Å². The highest BCUT2D eigenvalue weighted by atomic mass is 32.2. The highest BCUT2D eigenvalue weighted by Crippen LogP contribution is 2.33. The highest BCUT2D eigenvalue weighted by molar-refractivity contribution is 7.97. The first-order chi connectivity index (χ1) is 25.9. The Morgan fingerprint density at radius 1 is 0.981 bits per heavy atom. The lowest BCUT2D eigenvalue weighted by molar-refractivity contribution is -0.143. The number of anilines is 2. The van der Waals surface area contributed by atoms with Crippen LogP contribution in [0.15, 0.2) is 60.8 Å². The molecule has 0 atom stereocenters. The predicted molar refractivity (Wildman–Crippen MR) is 211 cm³/mol. The zero-order valence-electron chi connectivity index (χ0n) is 30.2. The van der Waals surface area contributed by atoms with Crippen LogP contribution in [0.3, 0.4) is 0 Å². The van der Waals surface area contributed by atoms with Gasteiger partial charge in [0, 0.05) is 54.2 Å². The van der Waals surface area contributed by atoms with Crippen LogP contribution in [0.25, 0.3) is 21.3 Å². The molecule has 1 aliphatic heterocycles. The third kappa shape index (κ3) is 8.57. The molecule has 1 aliphatic carbocycles. The number of nitrogens with one attached hydrogen (secondary N) is 2. The second-order valence-electron chi connectivity index (χ2n) is 13.6. The van der Waals surface area contributed by atoms with Crippen molar-refractivity contribution < 1.29 is 19.1 Å². The van der Waals surface area contributed by atoms with Gasteiger partial charge in [-0.25, -0.2) is 9.97 Å². The number of fused-ring (bicyclic) bond motifs is 2. The van der Waals surface area contributed by atoms with Crippen LogP contribution in [0, 0.1) is 12.8 Å². The maximum Gasteiger partial charge on any atom is 0.305 e. The van der Waals surface area contributed by atoms with E-state index in [-0.39, 0.29) is 17.8 Å². The van der Waals surface area contributed by atoms with Gasteiger partial charge in [0.05, 0.1) is 23.0 Å². The molecule has 2 amide bonds. The summed E-state index contributed by atoms with van der Waals surface area (Å²) in [5.41, 5.74) is 6.44. The standard InChI is InChI=1S/C40H45N7O4S2/c1-3-51-36(48)17-10-22-52-45-39(50)37-29(31-23-41-47(26(31)2)24-27-11-5-4-6-12-27)18-19-35(43-37)46-21-20-28-13-9-14-30(32(28)25-46)38(49)44-40-42-33-15-7-8-16-34(33)53-40/h7-9,13-16,18-19,23,27H,3-6,10-12,17,20-22,24-25H2,1-2H3,(H,45,50)(H,42,44,49).